The molecule has 0 fully saturated rings. The van der Waals surface area contributed by atoms with Gasteiger partial charge in [0, 0.05) is 24.2 Å². The van der Waals surface area contributed by atoms with Gasteiger partial charge >= 0.3 is 0 Å². The van der Waals surface area contributed by atoms with Crippen LogP contribution < -0.4 is 11.5 Å². The van der Waals surface area contributed by atoms with E-state index in [0.717, 1.165) is 18.4 Å². The molecule has 0 saturated carbocycles. The Morgan fingerprint density at radius 3 is 2.22 bits per heavy atom. The molecule has 0 aromatic carbocycles. The maximum Gasteiger partial charge on any atom is 0.267 e. The van der Waals surface area contributed by atoms with Gasteiger partial charge in [-0.2, -0.15) is 0 Å². The minimum absolute atomic E-state index is 0.419. The van der Waals surface area contributed by atoms with Crippen LogP contribution in [0.2, 0.25) is 0 Å². The summed E-state index contributed by atoms with van der Waals surface area (Å²) in [5, 5.41) is 0. The fraction of sp³-hybridized carbons (Fsp3) is 0.294. The Kier molecular flexibility index (Phi) is 7.99. The summed E-state index contributed by atoms with van der Waals surface area (Å²) >= 11 is 0. The van der Waals surface area contributed by atoms with E-state index in [1.165, 1.54) is 25.2 Å². The summed E-state index contributed by atoms with van der Waals surface area (Å²) in [7, 11) is 0. The predicted molar refractivity (Wildman–Crippen MR) is 88.7 cm³/mol. The molecule has 0 aliphatic heterocycles. The van der Waals surface area contributed by atoms with Gasteiger partial charge in [-0.3, -0.25) is 19.6 Å². The number of aromatic nitrogens is 2. The summed E-state index contributed by atoms with van der Waals surface area (Å²) in [6.45, 7) is 2.15. The quantitative estimate of drug-likeness (QED) is 0.795. The molecule has 0 aliphatic carbocycles. The van der Waals surface area contributed by atoms with Gasteiger partial charge < -0.3 is 11.5 Å². The Bertz CT molecular complexity index is 630. The van der Waals surface area contributed by atoms with E-state index in [-0.39, 0.29) is 0 Å². The van der Waals surface area contributed by atoms with Crippen molar-refractivity contribution in [1.82, 2.24) is 9.97 Å². The van der Waals surface area contributed by atoms with Gasteiger partial charge in [-0.25, -0.2) is 0 Å². The zero-order valence-electron chi connectivity index (χ0n) is 13.2. The Labute approximate surface area is 135 Å². The van der Waals surface area contributed by atoms with Crippen molar-refractivity contribution in [1.29, 1.82) is 0 Å². The molecule has 0 bridgehead atoms. The van der Waals surface area contributed by atoms with Gasteiger partial charge in [0.2, 0.25) is 5.91 Å². The maximum atomic E-state index is 11.0. The molecule has 2 aromatic heterocycles. The van der Waals surface area contributed by atoms with Crippen LogP contribution in [0, 0.1) is 0 Å². The molecule has 0 spiro atoms. The van der Waals surface area contributed by atoms with Crippen molar-refractivity contribution in [3.8, 4) is 0 Å². The molecule has 0 aliphatic rings. The van der Waals surface area contributed by atoms with Gasteiger partial charge in [0.1, 0.15) is 5.69 Å². The topological polar surface area (TPSA) is 112 Å². The summed E-state index contributed by atoms with van der Waals surface area (Å²) in [6, 6.07) is 6.90. The average Bonchev–Trinajstić information content (AvgIpc) is 2.57. The number of carbonyl (C=O) groups is 2. The number of pyridine rings is 2. The standard InChI is InChI=1S/C11H16N2O.C6H6N2O/c1-2-3-4-6-9-7-5-8-13-10(9)11(12)14;7-6(9)5-1-3-8-4-2-5/h5,7-8H,2-4,6H2,1H3,(H2,12,14);1-4H,(H2,7,9). The first-order chi connectivity index (χ1) is 11.1. The number of nitrogens with two attached hydrogens (primary N) is 2. The van der Waals surface area contributed by atoms with Crippen LogP contribution in [-0.2, 0) is 6.42 Å². The number of rotatable bonds is 6. The molecule has 4 N–H and O–H groups in total. The summed E-state index contributed by atoms with van der Waals surface area (Å²) in [4.78, 5) is 29.1. The molecule has 122 valence electrons. The molecule has 2 heterocycles. The third kappa shape index (κ3) is 6.69. The monoisotopic (exact) mass is 314 g/mol. The fourth-order valence-corrected chi connectivity index (χ4v) is 1.94. The van der Waals surface area contributed by atoms with Crippen LogP contribution in [0.4, 0.5) is 0 Å². The van der Waals surface area contributed by atoms with Gasteiger partial charge in [-0.15, -0.1) is 0 Å². The molecular weight excluding hydrogens is 292 g/mol. The van der Waals surface area contributed by atoms with Crippen molar-refractivity contribution in [2.75, 3.05) is 0 Å². The lowest BCUT2D eigenvalue weighted by atomic mass is 10.1. The van der Waals surface area contributed by atoms with E-state index in [0.29, 0.717) is 11.3 Å². The van der Waals surface area contributed by atoms with E-state index in [9.17, 15) is 9.59 Å². The molecule has 0 atom stereocenters. The number of primary amides is 2. The minimum Gasteiger partial charge on any atom is -0.366 e. The molecule has 6 nitrogen and oxygen atoms in total. The first-order valence-corrected chi connectivity index (χ1v) is 7.49. The Hall–Kier alpha value is -2.76. The number of unbranched alkanes of at least 4 members (excludes halogenated alkanes) is 2. The van der Waals surface area contributed by atoms with E-state index >= 15 is 0 Å². The normalized spacial score (nSPS) is 9.61. The third-order valence-corrected chi connectivity index (χ3v) is 3.14. The van der Waals surface area contributed by atoms with Crippen LogP contribution in [0.1, 0.15) is 52.6 Å². The van der Waals surface area contributed by atoms with Gasteiger partial charge in [0.05, 0.1) is 0 Å². The Balaban J connectivity index is 0.000000253. The van der Waals surface area contributed by atoms with E-state index in [2.05, 4.69) is 16.9 Å². The number of hydrogen-bond acceptors (Lipinski definition) is 4. The van der Waals surface area contributed by atoms with E-state index in [1.807, 2.05) is 12.1 Å². The number of amides is 2. The number of aryl methyl sites for hydroxylation is 1. The van der Waals surface area contributed by atoms with Crippen molar-refractivity contribution in [2.45, 2.75) is 32.6 Å². The van der Waals surface area contributed by atoms with Gasteiger partial charge in [-0.1, -0.05) is 25.8 Å². The second-order valence-electron chi connectivity index (χ2n) is 4.93. The van der Waals surface area contributed by atoms with Crippen molar-refractivity contribution >= 4 is 11.8 Å². The molecule has 2 rings (SSSR count). The van der Waals surface area contributed by atoms with Crippen LogP contribution in [0.5, 0.6) is 0 Å². The second-order valence-corrected chi connectivity index (χ2v) is 4.93. The number of nitrogens with zero attached hydrogens (tertiary/aromatic N) is 2. The lowest BCUT2D eigenvalue weighted by Crippen LogP contribution is -2.15. The zero-order chi connectivity index (χ0) is 17.1. The first-order valence-electron chi connectivity index (χ1n) is 7.49. The molecule has 0 unspecified atom stereocenters. The van der Waals surface area contributed by atoms with Crippen molar-refractivity contribution < 1.29 is 9.59 Å². The highest BCUT2D eigenvalue weighted by atomic mass is 16.1. The van der Waals surface area contributed by atoms with Crippen LogP contribution in [0.3, 0.4) is 0 Å². The number of hydrogen-bond donors (Lipinski definition) is 2. The Morgan fingerprint density at radius 1 is 1.00 bits per heavy atom. The zero-order valence-corrected chi connectivity index (χ0v) is 13.2. The Morgan fingerprint density at radius 2 is 1.70 bits per heavy atom. The van der Waals surface area contributed by atoms with Crippen molar-refractivity contribution in [2.24, 2.45) is 11.5 Å². The van der Waals surface area contributed by atoms with Crippen LogP contribution in [-0.4, -0.2) is 21.8 Å². The highest BCUT2D eigenvalue weighted by Crippen LogP contribution is 2.09. The van der Waals surface area contributed by atoms with Crippen molar-refractivity contribution in [3.05, 3.63) is 59.7 Å². The van der Waals surface area contributed by atoms with Gasteiger partial charge in [0.25, 0.3) is 5.91 Å². The van der Waals surface area contributed by atoms with Gasteiger partial charge in [0.15, 0.2) is 0 Å². The highest BCUT2D eigenvalue weighted by Gasteiger charge is 2.07. The second kappa shape index (κ2) is 10.0. The molecular formula is C17H22N4O2. The van der Waals surface area contributed by atoms with Crippen LogP contribution >= 0.6 is 0 Å². The molecule has 2 amide bonds. The molecule has 2 aromatic rings. The summed E-state index contributed by atoms with van der Waals surface area (Å²) in [5.74, 6) is -0.852. The average molecular weight is 314 g/mol. The lowest BCUT2D eigenvalue weighted by Gasteiger charge is -2.04. The summed E-state index contributed by atoms with van der Waals surface area (Å²) in [5.41, 5.74) is 12.0. The SMILES string of the molecule is CCCCCc1cccnc1C(N)=O.NC(=O)c1ccncc1. The lowest BCUT2D eigenvalue weighted by molar-refractivity contribution is 0.0988. The smallest absolute Gasteiger partial charge is 0.267 e. The van der Waals surface area contributed by atoms with Crippen LogP contribution in [0.15, 0.2) is 42.9 Å². The minimum atomic E-state index is -0.433. The van der Waals surface area contributed by atoms with E-state index in [1.54, 1.807) is 18.3 Å². The highest BCUT2D eigenvalue weighted by molar-refractivity contribution is 5.92. The molecule has 0 radical (unpaired) electrons. The third-order valence-electron chi connectivity index (χ3n) is 3.14. The van der Waals surface area contributed by atoms with E-state index < -0.39 is 11.8 Å². The predicted octanol–water partition coefficient (Wildman–Crippen LogP) is 2.09. The van der Waals surface area contributed by atoms with Crippen molar-refractivity contribution in [3.63, 3.8) is 0 Å². The summed E-state index contributed by atoms with van der Waals surface area (Å²) in [6.07, 6.45) is 8.98. The largest absolute Gasteiger partial charge is 0.366 e. The van der Waals surface area contributed by atoms with Crippen LogP contribution in [0.25, 0.3) is 0 Å². The maximum absolute atomic E-state index is 11.0. The first kappa shape index (κ1) is 18.3. The van der Waals surface area contributed by atoms with E-state index in [4.69, 9.17) is 11.5 Å². The molecule has 23 heavy (non-hydrogen) atoms. The molecule has 6 heteroatoms. The fourth-order valence-electron chi connectivity index (χ4n) is 1.94. The van der Waals surface area contributed by atoms with Gasteiger partial charge in [-0.05, 0) is 36.6 Å². The number of carbonyl (C=O) groups excluding carboxylic acids is 2. The summed E-state index contributed by atoms with van der Waals surface area (Å²) < 4.78 is 0. The molecule has 0 saturated heterocycles.